The molecule has 3 aromatic rings. The van der Waals surface area contributed by atoms with Crippen LogP contribution in [0.1, 0.15) is 5.56 Å². The lowest BCUT2D eigenvalue weighted by Crippen LogP contribution is -2.17. The van der Waals surface area contributed by atoms with Crippen molar-refractivity contribution < 1.29 is 4.57 Å². The molecule has 0 radical (unpaired) electrons. The highest BCUT2D eigenvalue weighted by atomic mass is 127. The Kier molecular flexibility index (Phi) is 6.53. The first-order valence-corrected chi connectivity index (χ1v) is 12.2. The van der Waals surface area contributed by atoms with Gasteiger partial charge in [-0.1, -0.05) is 114 Å². The van der Waals surface area contributed by atoms with E-state index in [9.17, 15) is 4.57 Å². The molecule has 0 N–H and O–H groups in total. The number of hydrogen-bond acceptors (Lipinski definition) is 1. The van der Waals surface area contributed by atoms with Crippen molar-refractivity contribution in [3.8, 4) is 0 Å². The van der Waals surface area contributed by atoms with Crippen molar-refractivity contribution in [2.45, 2.75) is 0 Å². The molecule has 0 atom stereocenters. The van der Waals surface area contributed by atoms with Crippen molar-refractivity contribution in [2.24, 2.45) is 0 Å². The third-order valence-corrected chi connectivity index (χ3v) is 10.8. The number of hydrogen-bond donors (Lipinski definition) is 0. The van der Waals surface area contributed by atoms with Gasteiger partial charge >= 0.3 is 0 Å². The molecule has 1 nitrogen and oxygen atoms in total. The van der Waals surface area contributed by atoms with Crippen LogP contribution in [0.2, 0.25) is 0 Å². The molecular formula is C21H17I2OP. The predicted octanol–water partition coefficient (Wildman–Crippen LogP) is 6.24. The molecule has 0 bridgehead atoms. The SMILES string of the molecule is O=P(/C(=C(\I)CI)c1ccccc1)(c1ccccc1)c1ccccc1. The minimum Gasteiger partial charge on any atom is -0.309 e. The smallest absolute Gasteiger partial charge is 0.172 e. The van der Waals surface area contributed by atoms with E-state index in [0.717, 1.165) is 29.5 Å². The number of alkyl halides is 1. The van der Waals surface area contributed by atoms with Gasteiger partial charge in [0.2, 0.25) is 0 Å². The summed E-state index contributed by atoms with van der Waals surface area (Å²) in [6.45, 7) is 0. The monoisotopic (exact) mass is 570 g/mol. The Bertz CT molecular complexity index is 863. The molecule has 0 aliphatic rings. The molecule has 0 fully saturated rings. The topological polar surface area (TPSA) is 17.1 Å². The van der Waals surface area contributed by atoms with Crippen LogP contribution in [0.15, 0.2) is 94.6 Å². The van der Waals surface area contributed by atoms with Crippen LogP contribution in [0.3, 0.4) is 0 Å². The van der Waals surface area contributed by atoms with Crippen molar-refractivity contribution in [3.05, 3.63) is 100 Å². The lowest BCUT2D eigenvalue weighted by Gasteiger charge is -2.24. The first kappa shape index (κ1) is 18.9. The first-order valence-electron chi connectivity index (χ1n) is 7.90. The molecule has 0 saturated carbocycles. The molecule has 0 aliphatic heterocycles. The molecule has 0 aliphatic carbocycles. The maximum Gasteiger partial charge on any atom is 0.172 e. The van der Waals surface area contributed by atoms with Crippen molar-refractivity contribution in [1.82, 2.24) is 0 Å². The second-order valence-electron chi connectivity index (χ2n) is 5.53. The molecule has 0 heterocycles. The fourth-order valence-corrected chi connectivity index (χ4v) is 7.80. The highest BCUT2D eigenvalue weighted by Crippen LogP contribution is 2.58. The zero-order chi connectivity index (χ0) is 17.7. The maximum absolute atomic E-state index is 14.7. The number of benzene rings is 3. The molecule has 0 aromatic heterocycles. The van der Waals surface area contributed by atoms with Crippen molar-refractivity contribution in [1.29, 1.82) is 0 Å². The van der Waals surface area contributed by atoms with Gasteiger partial charge in [-0.15, -0.1) is 0 Å². The lowest BCUT2D eigenvalue weighted by atomic mass is 10.2. The van der Waals surface area contributed by atoms with Crippen LogP contribution in [-0.2, 0) is 4.57 Å². The van der Waals surface area contributed by atoms with Gasteiger partial charge in [-0.2, -0.15) is 0 Å². The van der Waals surface area contributed by atoms with Gasteiger partial charge in [-0.3, -0.25) is 0 Å². The van der Waals surface area contributed by atoms with Gasteiger partial charge in [0, 0.05) is 23.9 Å². The van der Waals surface area contributed by atoms with E-state index in [0.29, 0.717) is 0 Å². The van der Waals surface area contributed by atoms with Gasteiger partial charge in [-0.25, -0.2) is 0 Å². The molecule has 0 amide bonds. The van der Waals surface area contributed by atoms with E-state index in [1.165, 1.54) is 0 Å². The summed E-state index contributed by atoms with van der Waals surface area (Å²) in [6, 6.07) is 29.8. The van der Waals surface area contributed by atoms with Gasteiger partial charge in [0.05, 0.1) is 0 Å². The molecule has 0 spiro atoms. The Morgan fingerprint density at radius 2 is 1.12 bits per heavy atom. The zero-order valence-electron chi connectivity index (χ0n) is 13.5. The van der Waals surface area contributed by atoms with E-state index in [-0.39, 0.29) is 0 Å². The quantitative estimate of drug-likeness (QED) is 0.202. The summed E-state index contributed by atoms with van der Waals surface area (Å²) in [5, 5.41) is 2.69. The highest BCUT2D eigenvalue weighted by Gasteiger charge is 2.34. The van der Waals surface area contributed by atoms with Crippen LogP contribution < -0.4 is 10.6 Å². The fourth-order valence-electron chi connectivity index (χ4n) is 2.85. The van der Waals surface area contributed by atoms with Gasteiger partial charge in [0.1, 0.15) is 0 Å². The summed E-state index contributed by atoms with van der Waals surface area (Å²) in [4.78, 5) is 0. The van der Waals surface area contributed by atoms with E-state index in [1.54, 1.807) is 0 Å². The van der Waals surface area contributed by atoms with Crippen molar-refractivity contribution in [3.63, 3.8) is 0 Å². The van der Waals surface area contributed by atoms with E-state index in [4.69, 9.17) is 0 Å². The van der Waals surface area contributed by atoms with Crippen LogP contribution in [-0.4, -0.2) is 4.43 Å². The molecule has 25 heavy (non-hydrogen) atoms. The summed E-state index contributed by atoms with van der Waals surface area (Å²) < 4.78 is 16.6. The van der Waals surface area contributed by atoms with Gasteiger partial charge in [0.25, 0.3) is 0 Å². The molecule has 3 rings (SSSR count). The van der Waals surface area contributed by atoms with E-state index in [2.05, 4.69) is 57.3 Å². The number of halogens is 2. The maximum atomic E-state index is 14.7. The summed E-state index contributed by atoms with van der Waals surface area (Å²) in [5.41, 5.74) is 1.03. The number of allylic oxidation sites excluding steroid dienone is 1. The summed E-state index contributed by atoms with van der Waals surface area (Å²) in [5.74, 6) is 0. The summed E-state index contributed by atoms with van der Waals surface area (Å²) in [7, 11) is -2.96. The third-order valence-electron chi connectivity index (χ3n) is 3.98. The van der Waals surface area contributed by atoms with Crippen molar-refractivity contribution in [2.75, 3.05) is 4.43 Å². The minimum atomic E-state index is -2.96. The minimum absolute atomic E-state index is 0.826. The standard InChI is InChI=1S/C21H17I2OP/c22-16-20(23)21(17-10-4-1-5-11-17)25(24,18-12-6-2-7-13-18)19-14-8-3-9-15-19/h1-15H,16H2/b21-20-. The van der Waals surface area contributed by atoms with Gasteiger partial charge < -0.3 is 4.57 Å². The molecule has 126 valence electrons. The molecular weight excluding hydrogens is 553 g/mol. The Labute approximate surface area is 176 Å². The Morgan fingerprint density at radius 3 is 1.52 bits per heavy atom. The molecule has 0 unspecified atom stereocenters. The summed E-state index contributed by atoms with van der Waals surface area (Å²) in [6.07, 6.45) is 0. The molecule has 0 saturated heterocycles. The largest absolute Gasteiger partial charge is 0.309 e. The van der Waals surface area contributed by atoms with Crippen LogP contribution in [0.25, 0.3) is 5.31 Å². The van der Waals surface area contributed by atoms with Crippen LogP contribution in [0.4, 0.5) is 0 Å². The Balaban J connectivity index is 2.36. The molecule has 3 aromatic carbocycles. The van der Waals surface area contributed by atoms with Gasteiger partial charge in [-0.05, 0) is 28.2 Å². The summed E-state index contributed by atoms with van der Waals surface area (Å²) >= 11 is 4.70. The Hall–Kier alpha value is -0.910. The Morgan fingerprint density at radius 1 is 0.720 bits per heavy atom. The molecule has 4 heteroatoms. The first-order chi connectivity index (χ1) is 12.2. The van der Waals surface area contributed by atoms with Gasteiger partial charge in [0.15, 0.2) is 7.14 Å². The second kappa shape index (κ2) is 8.65. The highest BCUT2D eigenvalue weighted by molar-refractivity contribution is 14.1. The van der Waals surface area contributed by atoms with Crippen LogP contribution in [0.5, 0.6) is 0 Å². The average molecular weight is 570 g/mol. The normalized spacial score (nSPS) is 12.6. The zero-order valence-corrected chi connectivity index (χ0v) is 18.7. The fraction of sp³-hybridized carbons (Fsp3) is 0.0476. The lowest BCUT2D eigenvalue weighted by molar-refractivity contribution is 0.593. The van der Waals surface area contributed by atoms with Crippen LogP contribution >= 0.6 is 52.3 Å². The number of rotatable bonds is 5. The third kappa shape index (κ3) is 3.93. The average Bonchev–Trinajstić information content (AvgIpc) is 2.70. The van der Waals surface area contributed by atoms with Crippen LogP contribution in [0, 0.1) is 0 Å². The predicted molar refractivity (Wildman–Crippen MR) is 126 cm³/mol. The second-order valence-corrected chi connectivity index (χ2v) is 10.3. The van der Waals surface area contributed by atoms with E-state index >= 15 is 0 Å². The van der Waals surface area contributed by atoms with E-state index < -0.39 is 7.14 Å². The van der Waals surface area contributed by atoms with E-state index in [1.807, 2.05) is 78.9 Å². The van der Waals surface area contributed by atoms with Crippen molar-refractivity contribution >= 4 is 68.2 Å².